The molecule has 3 heteroatoms. The van der Waals surface area contributed by atoms with Crippen molar-refractivity contribution < 1.29 is 0 Å². The summed E-state index contributed by atoms with van der Waals surface area (Å²) < 4.78 is 0. The van der Waals surface area contributed by atoms with E-state index < -0.39 is 0 Å². The van der Waals surface area contributed by atoms with Gasteiger partial charge in [0.2, 0.25) is 0 Å². The van der Waals surface area contributed by atoms with Crippen molar-refractivity contribution in [1.82, 2.24) is 0 Å². The molecule has 1 aliphatic rings. The number of amidine groups is 1. The average molecular weight is 259 g/mol. The van der Waals surface area contributed by atoms with Gasteiger partial charge in [-0.05, 0) is 55.4 Å². The molecule has 3 N–H and O–H groups in total. The van der Waals surface area contributed by atoms with E-state index >= 15 is 0 Å². The van der Waals surface area contributed by atoms with Gasteiger partial charge in [0.15, 0.2) is 0 Å². The maximum Gasteiger partial charge on any atom is 0.122 e. The summed E-state index contributed by atoms with van der Waals surface area (Å²) in [4.78, 5) is 2.46. The van der Waals surface area contributed by atoms with Gasteiger partial charge in [0, 0.05) is 24.3 Å². The zero-order valence-electron chi connectivity index (χ0n) is 12.0. The molecule has 19 heavy (non-hydrogen) atoms. The van der Waals surface area contributed by atoms with Crippen LogP contribution in [0.25, 0.3) is 0 Å². The van der Waals surface area contributed by atoms with E-state index in [9.17, 15) is 0 Å². The summed E-state index contributed by atoms with van der Waals surface area (Å²) in [6, 6.07) is 8.07. The molecule has 1 heterocycles. The van der Waals surface area contributed by atoms with Crippen molar-refractivity contribution in [2.45, 2.75) is 33.1 Å². The van der Waals surface area contributed by atoms with Crippen molar-refractivity contribution in [3.05, 3.63) is 29.8 Å². The Morgan fingerprint density at radius 3 is 2.47 bits per heavy atom. The maximum absolute atomic E-state index is 7.42. The lowest BCUT2D eigenvalue weighted by Crippen LogP contribution is -2.24. The van der Waals surface area contributed by atoms with Crippen LogP contribution in [0, 0.1) is 17.2 Å². The molecule has 1 atom stereocenters. The van der Waals surface area contributed by atoms with Crippen molar-refractivity contribution in [3.63, 3.8) is 0 Å². The number of nitrogens with two attached hydrogens (primary N) is 1. The SMILES string of the molecule is CC(C)C1CCCN(c2ccc(C(=N)N)cc2)CC1. The molecule has 1 fully saturated rings. The fraction of sp³-hybridized carbons (Fsp3) is 0.562. The summed E-state index contributed by atoms with van der Waals surface area (Å²) in [5, 5.41) is 7.42. The summed E-state index contributed by atoms with van der Waals surface area (Å²) >= 11 is 0. The first-order chi connectivity index (χ1) is 9.08. The molecule has 0 bridgehead atoms. The predicted molar refractivity (Wildman–Crippen MR) is 81.9 cm³/mol. The minimum absolute atomic E-state index is 0.141. The second kappa shape index (κ2) is 6.09. The number of hydrogen-bond acceptors (Lipinski definition) is 2. The number of hydrogen-bond donors (Lipinski definition) is 2. The maximum atomic E-state index is 7.42. The molecule has 1 aliphatic heterocycles. The van der Waals surface area contributed by atoms with Gasteiger partial charge in [-0.15, -0.1) is 0 Å². The van der Waals surface area contributed by atoms with Crippen LogP contribution in [0.5, 0.6) is 0 Å². The summed E-state index contributed by atoms with van der Waals surface area (Å²) in [5.74, 6) is 1.80. The van der Waals surface area contributed by atoms with E-state index in [1.54, 1.807) is 0 Å². The van der Waals surface area contributed by atoms with Gasteiger partial charge in [-0.25, -0.2) is 0 Å². The molecule has 0 spiro atoms. The van der Waals surface area contributed by atoms with Crippen LogP contribution >= 0.6 is 0 Å². The molecule has 3 nitrogen and oxygen atoms in total. The van der Waals surface area contributed by atoms with Gasteiger partial charge in [-0.2, -0.15) is 0 Å². The van der Waals surface area contributed by atoms with Crippen molar-refractivity contribution >= 4 is 11.5 Å². The van der Waals surface area contributed by atoms with Gasteiger partial charge in [0.1, 0.15) is 5.84 Å². The summed E-state index contributed by atoms with van der Waals surface area (Å²) in [5.41, 5.74) is 7.55. The van der Waals surface area contributed by atoms with Crippen LogP contribution in [0.4, 0.5) is 5.69 Å². The van der Waals surface area contributed by atoms with Crippen LogP contribution in [-0.4, -0.2) is 18.9 Å². The Labute approximate surface area is 116 Å². The van der Waals surface area contributed by atoms with Gasteiger partial charge >= 0.3 is 0 Å². The van der Waals surface area contributed by atoms with Gasteiger partial charge in [-0.1, -0.05) is 13.8 Å². The molecule has 2 rings (SSSR count). The summed E-state index contributed by atoms with van der Waals surface area (Å²) in [6.07, 6.45) is 3.91. The van der Waals surface area contributed by atoms with Crippen molar-refractivity contribution in [3.8, 4) is 0 Å². The van der Waals surface area contributed by atoms with E-state index in [0.29, 0.717) is 0 Å². The molecular formula is C16H25N3. The van der Waals surface area contributed by atoms with Gasteiger partial charge in [0.25, 0.3) is 0 Å². The lowest BCUT2D eigenvalue weighted by Gasteiger charge is -2.23. The zero-order chi connectivity index (χ0) is 13.8. The molecule has 1 aromatic carbocycles. The Bertz CT molecular complexity index is 422. The van der Waals surface area contributed by atoms with E-state index in [2.05, 4.69) is 30.9 Å². The monoisotopic (exact) mass is 259 g/mol. The number of nitrogens with one attached hydrogen (secondary N) is 1. The Morgan fingerprint density at radius 2 is 1.89 bits per heavy atom. The normalized spacial score (nSPS) is 20.4. The van der Waals surface area contributed by atoms with Gasteiger partial charge in [0.05, 0.1) is 0 Å². The standard InChI is InChI=1S/C16H25N3/c1-12(2)13-4-3-10-19(11-9-13)15-7-5-14(6-8-15)16(17)18/h5-8,12-13H,3-4,9-11H2,1-2H3,(H3,17,18). The first kappa shape index (κ1) is 13.9. The molecule has 0 saturated carbocycles. The predicted octanol–water partition coefficient (Wildman–Crippen LogP) is 3.23. The highest BCUT2D eigenvalue weighted by molar-refractivity contribution is 5.95. The third kappa shape index (κ3) is 3.49. The quantitative estimate of drug-likeness (QED) is 0.647. The highest BCUT2D eigenvalue weighted by atomic mass is 15.1. The molecule has 1 saturated heterocycles. The number of rotatable bonds is 3. The average Bonchev–Trinajstić information content (AvgIpc) is 2.64. The van der Waals surface area contributed by atoms with E-state index in [-0.39, 0.29) is 5.84 Å². The molecule has 0 radical (unpaired) electrons. The van der Waals surface area contributed by atoms with E-state index in [1.807, 2.05) is 12.1 Å². The summed E-state index contributed by atoms with van der Waals surface area (Å²) in [7, 11) is 0. The van der Waals surface area contributed by atoms with Crippen LogP contribution in [0.3, 0.4) is 0 Å². The minimum atomic E-state index is 0.141. The van der Waals surface area contributed by atoms with Crippen LogP contribution in [0.1, 0.15) is 38.7 Å². The number of nitrogen functional groups attached to an aromatic ring is 1. The third-order valence-electron chi connectivity index (χ3n) is 4.26. The second-order valence-electron chi connectivity index (χ2n) is 5.88. The smallest absolute Gasteiger partial charge is 0.122 e. The highest BCUT2D eigenvalue weighted by Gasteiger charge is 2.19. The third-order valence-corrected chi connectivity index (χ3v) is 4.26. The Morgan fingerprint density at radius 1 is 1.21 bits per heavy atom. The van der Waals surface area contributed by atoms with Crippen molar-refractivity contribution in [1.29, 1.82) is 5.41 Å². The van der Waals surface area contributed by atoms with Crippen LogP contribution in [0.15, 0.2) is 24.3 Å². The molecule has 0 amide bonds. The van der Waals surface area contributed by atoms with Crippen LogP contribution < -0.4 is 10.6 Å². The highest BCUT2D eigenvalue weighted by Crippen LogP contribution is 2.27. The summed E-state index contributed by atoms with van der Waals surface area (Å²) in [6.45, 7) is 6.95. The largest absolute Gasteiger partial charge is 0.384 e. The van der Waals surface area contributed by atoms with E-state index in [4.69, 9.17) is 11.1 Å². The Kier molecular flexibility index (Phi) is 4.46. The van der Waals surface area contributed by atoms with Crippen LogP contribution in [-0.2, 0) is 0 Å². The lowest BCUT2D eigenvalue weighted by molar-refractivity contribution is 0.351. The molecule has 0 aromatic heterocycles. The molecule has 0 aliphatic carbocycles. The number of benzene rings is 1. The minimum Gasteiger partial charge on any atom is -0.384 e. The first-order valence-corrected chi connectivity index (χ1v) is 7.27. The number of nitrogens with zero attached hydrogens (tertiary/aromatic N) is 1. The Hall–Kier alpha value is -1.51. The molecular weight excluding hydrogens is 234 g/mol. The van der Waals surface area contributed by atoms with E-state index in [1.165, 1.54) is 24.9 Å². The van der Waals surface area contributed by atoms with Crippen molar-refractivity contribution in [2.75, 3.05) is 18.0 Å². The van der Waals surface area contributed by atoms with E-state index in [0.717, 1.165) is 30.5 Å². The zero-order valence-corrected chi connectivity index (χ0v) is 12.0. The topological polar surface area (TPSA) is 53.1 Å². The lowest BCUT2D eigenvalue weighted by atomic mass is 9.89. The number of anilines is 1. The Balaban J connectivity index is 2.03. The molecule has 1 aromatic rings. The van der Waals surface area contributed by atoms with Crippen LogP contribution in [0.2, 0.25) is 0 Å². The molecule has 1 unspecified atom stereocenters. The fourth-order valence-electron chi connectivity index (χ4n) is 2.90. The first-order valence-electron chi connectivity index (χ1n) is 7.27. The fourth-order valence-corrected chi connectivity index (χ4v) is 2.90. The molecule has 104 valence electrons. The van der Waals surface area contributed by atoms with Gasteiger partial charge in [-0.3, -0.25) is 5.41 Å². The second-order valence-corrected chi connectivity index (χ2v) is 5.88. The van der Waals surface area contributed by atoms with Gasteiger partial charge < -0.3 is 10.6 Å². The van der Waals surface area contributed by atoms with Crippen molar-refractivity contribution in [2.24, 2.45) is 17.6 Å².